The number of halogens is 3. The van der Waals surface area contributed by atoms with Crippen LogP contribution in [0.2, 0.25) is 0 Å². The molecular formula is C16H18F3NO3S. The molecule has 0 aromatic heterocycles. The zero-order valence-corrected chi connectivity index (χ0v) is 13.9. The molecule has 1 aliphatic heterocycles. The molecule has 1 aromatic rings. The molecule has 0 aliphatic carbocycles. The lowest BCUT2D eigenvalue weighted by Gasteiger charge is -2.36. The maximum Gasteiger partial charge on any atom is 0.416 e. The van der Waals surface area contributed by atoms with Gasteiger partial charge in [-0.15, -0.1) is 11.8 Å². The second-order valence-corrected chi connectivity index (χ2v) is 6.87. The molecule has 1 amide bonds. The third-order valence-electron chi connectivity index (χ3n) is 4.08. The van der Waals surface area contributed by atoms with Gasteiger partial charge in [0, 0.05) is 17.5 Å². The van der Waals surface area contributed by atoms with Crippen LogP contribution in [0.3, 0.4) is 0 Å². The van der Waals surface area contributed by atoms with Gasteiger partial charge in [0.05, 0.1) is 17.2 Å². The van der Waals surface area contributed by atoms with E-state index in [1.807, 2.05) is 6.92 Å². The lowest BCUT2D eigenvalue weighted by molar-refractivity contribution is -0.146. The van der Waals surface area contributed by atoms with Crippen molar-refractivity contribution in [2.45, 2.75) is 36.9 Å². The Morgan fingerprint density at radius 3 is 2.67 bits per heavy atom. The van der Waals surface area contributed by atoms with E-state index in [2.05, 4.69) is 0 Å². The summed E-state index contributed by atoms with van der Waals surface area (Å²) in [6.45, 7) is 2.00. The third kappa shape index (κ3) is 4.66. The Morgan fingerprint density at radius 1 is 1.33 bits per heavy atom. The molecule has 0 bridgehead atoms. The molecule has 1 fully saturated rings. The van der Waals surface area contributed by atoms with Crippen molar-refractivity contribution in [1.82, 2.24) is 4.90 Å². The predicted molar refractivity (Wildman–Crippen MR) is 83.7 cm³/mol. The molecule has 1 aliphatic rings. The largest absolute Gasteiger partial charge is 0.481 e. The summed E-state index contributed by atoms with van der Waals surface area (Å²) in [5, 5.41) is 9.09. The maximum atomic E-state index is 12.7. The van der Waals surface area contributed by atoms with Crippen molar-refractivity contribution in [2.24, 2.45) is 5.92 Å². The summed E-state index contributed by atoms with van der Waals surface area (Å²) >= 11 is 1.03. The summed E-state index contributed by atoms with van der Waals surface area (Å²) in [4.78, 5) is 25.3. The van der Waals surface area contributed by atoms with E-state index in [0.717, 1.165) is 23.9 Å². The second-order valence-electron chi connectivity index (χ2n) is 5.82. The van der Waals surface area contributed by atoms with Gasteiger partial charge in [0.1, 0.15) is 0 Å². The molecular weight excluding hydrogens is 343 g/mol. The average Bonchev–Trinajstić information content (AvgIpc) is 2.52. The van der Waals surface area contributed by atoms with Gasteiger partial charge < -0.3 is 10.0 Å². The van der Waals surface area contributed by atoms with Crippen LogP contribution in [0, 0.1) is 5.92 Å². The highest BCUT2D eigenvalue weighted by Crippen LogP contribution is 2.32. The zero-order valence-electron chi connectivity index (χ0n) is 13.0. The topological polar surface area (TPSA) is 57.6 Å². The minimum absolute atomic E-state index is 0.0159. The van der Waals surface area contributed by atoms with Gasteiger partial charge in [-0.2, -0.15) is 13.2 Å². The molecule has 0 saturated carbocycles. The second kappa shape index (κ2) is 7.46. The number of carbonyl (C=O) groups is 2. The van der Waals surface area contributed by atoms with Crippen molar-refractivity contribution in [3.05, 3.63) is 29.8 Å². The number of amides is 1. The number of carboxylic acid groups (broad SMARTS) is 1. The number of rotatable bonds is 4. The van der Waals surface area contributed by atoms with Crippen LogP contribution in [0.4, 0.5) is 13.2 Å². The van der Waals surface area contributed by atoms with E-state index in [4.69, 9.17) is 5.11 Å². The van der Waals surface area contributed by atoms with Crippen LogP contribution < -0.4 is 0 Å². The lowest BCUT2D eigenvalue weighted by Crippen LogP contribution is -2.48. The van der Waals surface area contributed by atoms with Gasteiger partial charge in [0.25, 0.3) is 0 Å². The third-order valence-corrected chi connectivity index (χ3v) is 5.05. The van der Waals surface area contributed by atoms with Crippen molar-refractivity contribution in [3.63, 3.8) is 0 Å². The highest BCUT2D eigenvalue weighted by atomic mass is 32.2. The number of alkyl halides is 3. The van der Waals surface area contributed by atoms with Crippen LogP contribution in [-0.2, 0) is 15.8 Å². The Bertz CT molecular complexity index is 621. The molecule has 8 heteroatoms. The molecule has 2 atom stereocenters. The van der Waals surface area contributed by atoms with E-state index in [1.54, 1.807) is 0 Å². The fourth-order valence-corrected chi connectivity index (χ4v) is 3.49. The number of likely N-dealkylation sites (tertiary alicyclic amines) is 1. The first kappa shape index (κ1) is 18.6. The number of hydrogen-bond acceptors (Lipinski definition) is 3. The van der Waals surface area contributed by atoms with Gasteiger partial charge >= 0.3 is 12.1 Å². The zero-order chi connectivity index (χ0) is 17.9. The van der Waals surface area contributed by atoms with Gasteiger partial charge in [0.15, 0.2) is 0 Å². The lowest BCUT2D eigenvalue weighted by atomic mass is 9.93. The van der Waals surface area contributed by atoms with Crippen LogP contribution in [0.1, 0.15) is 25.3 Å². The Kier molecular flexibility index (Phi) is 5.79. The summed E-state index contributed by atoms with van der Waals surface area (Å²) in [5.41, 5.74) is -0.753. The minimum atomic E-state index is -4.42. The Morgan fingerprint density at radius 2 is 2.04 bits per heavy atom. The molecule has 132 valence electrons. The quantitative estimate of drug-likeness (QED) is 0.834. The highest BCUT2D eigenvalue weighted by Gasteiger charge is 2.33. The predicted octanol–water partition coefficient (Wildman–Crippen LogP) is 3.51. The summed E-state index contributed by atoms with van der Waals surface area (Å²) in [5.74, 6) is -1.78. The molecule has 1 aromatic carbocycles. The summed E-state index contributed by atoms with van der Waals surface area (Å²) in [6, 6.07) is 4.76. The average molecular weight is 361 g/mol. The summed E-state index contributed by atoms with van der Waals surface area (Å²) in [7, 11) is 0. The summed E-state index contributed by atoms with van der Waals surface area (Å²) in [6.07, 6.45) is -3.28. The molecule has 1 saturated heterocycles. The number of nitrogens with zero attached hydrogens (tertiary/aromatic N) is 1. The number of thioether (sulfide) groups is 1. The van der Waals surface area contributed by atoms with Crippen molar-refractivity contribution in [1.29, 1.82) is 0 Å². The van der Waals surface area contributed by atoms with Crippen LogP contribution in [0.5, 0.6) is 0 Å². The van der Waals surface area contributed by atoms with Gasteiger partial charge in [-0.25, -0.2) is 0 Å². The van der Waals surface area contributed by atoms with Crippen LogP contribution in [0.15, 0.2) is 29.2 Å². The summed E-state index contributed by atoms with van der Waals surface area (Å²) < 4.78 is 38.1. The SMILES string of the molecule is CC1CCC(C(=O)O)CN1C(=O)CSc1cccc(C(F)(F)F)c1. The van der Waals surface area contributed by atoms with Crippen LogP contribution in [0.25, 0.3) is 0 Å². The molecule has 2 unspecified atom stereocenters. The van der Waals surface area contributed by atoms with E-state index in [1.165, 1.54) is 17.0 Å². The molecule has 1 N–H and O–H groups in total. The molecule has 0 radical (unpaired) electrons. The van der Waals surface area contributed by atoms with Gasteiger partial charge in [-0.3, -0.25) is 9.59 Å². The first-order chi connectivity index (χ1) is 11.2. The van der Waals surface area contributed by atoms with Crippen LogP contribution in [-0.4, -0.2) is 40.2 Å². The van der Waals surface area contributed by atoms with Crippen molar-refractivity contribution in [3.8, 4) is 0 Å². The first-order valence-corrected chi connectivity index (χ1v) is 8.49. The van der Waals surface area contributed by atoms with Gasteiger partial charge in [-0.05, 0) is 38.0 Å². The van der Waals surface area contributed by atoms with E-state index in [0.29, 0.717) is 17.7 Å². The molecule has 2 rings (SSSR count). The Hall–Kier alpha value is -1.70. The normalized spacial score (nSPS) is 21.6. The number of piperidine rings is 1. The van der Waals surface area contributed by atoms with Crippen molar-refractivity contribution >= 4 is 23.6 Å². The fraction of sp³-hybridized carbons (Fsp3) is 0.500. The molecule has 0 spiro atoms. The first-order valence-electron chi connectivity index (χ1n) is 7.51. The van der Waals surface area contributed by atoms with E-state index >= 15 is 0 Å². The molecule has 4 nitrogen and oxygen atoms in total. The van der Waals surface area contributed by atoms with E-state index < -0.39 is 23.6 Å². The van der Waals surface area contributed by atoms with Gasteiger partial charge in [0.2, 0.25) is 5.91 Å². The Labute approximate surface area is 142 Å². The van der Waals surface area contributed by atoms with Crippen molar-refractivity contribution in [2.75, 3.05) is 12.3 Å². The number of carbonyl (C=O) groups excluding carboxylic acids is 1. The van der Waals surface area contributed by atoms with Crippen LogP contribution >= 0.6 is 11.8 Å². The number of carboxylic acids is 1. The van der Waals surface area contributed by atoms with Gasteiger partial charge in [-0.1, -0.05) is 6.07 Å². The Balaban J connectivity index is 1.98. The standard InChI is InChI=1S/C16H18F3NO3S/c1-10-5-6-11(15(22)23)8-20(10)14(21)9-24-13-4-2-3-12(7-13)16(17,18)19/h2-4,7,10-11H,5-6,8-9H2,1H3,(H,22,23). The minimum Gasteiger partial charge on any atom is -0.481 e. The monoisotopic (exact) mass is 361 g/mol. The molecule has 24 heavy (non-hydrogen) atoms. The van der Waals surface area contributed by atoms with Crippen molar-refractivity contribution < 1.29 is 27.9 Å². The van der Waals surface area contributed by atoms with E-state index in [-0.39, 0.29) is 24.2 Å². The maximum absolute atomic E-state index is 12.7. The molecule has 1 heterocycles. The number of benzene rings is 1. The van der Waals surface area contributed by atoms with E-state index in [9.17, 15) is 22.8 Å². The fourth-order valence-electron chi connectivity index (χ4n) is 2.65. The smallest absolute Gasteiger partial charge is 0.416 e. The number of aliphatic carboxylic acids is 1. The highest BCUT2D eigenvalue weighted by molar-refractivity contribution is 8.00. The number of hydrogen-bond donors (Lipinski definition) is 1.